The second-order valence-corrected chi connectivity index (χ2v) is 5.92. The molecule has 1 aliphatic heterocycles. The fourth-order valence-corrected chi connectivity index (χ4v) is 3.53. The summed E-state index contributed by atoms with van der Waals surface area (Å²) in [5, 5.41) is 5.06. The minimum absolute atomic E-state index is 0.0211. The molecular formula is C13H16N2O2S. The minimum atomic E-state index is 0.0211. The predicted octanol–water partition coefficient (Wildman–Crippen LogP) is 2.33. The van der Waals surface area contributed by atoms with E-state index in [1.54, 1.807) is 11.3 Å². The number of thiophene rings is 1. The van der Waals surface area contributed by atoms with Gasteiger partial charge >= 0.3 is 6.03 Å². The first-order valence-electron chi connectivity index (χ1n) is 6.36. The Morgan fingerprint density at radius 2 is 2.06 bits per heavy atom. The second-order valence-electron chi connectivity index (χ2n) is 4.94. The predicted molar refractivity (Wildman–Crippen MR) is 69.6 cm³/mol. The topological polar surface area (TPSA) is 49.4 Å². The number of urea groups is 1. The van der Waals surface area contributed by atoms with Crippen LogP contribution in [0, 0.1) is 0 Å². The molecule has 5 heteroatoms. The van der Waals surface area contributed by atoms with Crippen LogP contribution in [0.5, 0.6) is 0 Å². The first kappa shape index (κ1) is 11.7. The summed E-state index contributed by atoms with van der Waals surface area (Å²) in [6, 6.07) is 4.45. The highest BCUT2D eigenvalue weighted by Crippen LogP contribution is 2.29. The number of amides is 2. The molecule has 1 saturated carbocycles. The van der Waals surface area contributed by atoms with Crippen LogP contribution in [0.15, 0.2) is 17.5 Å². The molecule has 1 aromatic heterocycles. The number of nitrogens with zero attached hydrogens (tertiary/aromatic N) is 1. The molecule has 1 atom stereocenters. The Bertz CT molecular complexity index is 448. The molecule has 1 aliphatic carbocycles. The van der Waals surface area contributed by atoms with Crippen molar-refractivity contribution in [2.24, 2.45) is 0 Å². The average molecular weight is 264 g/mol. The van der Waals surface area contributed by atoms with Crippen LogP contribution in [0.2, 0.25) is 0 Å². The Hall–Kier alpha value is -1.36. The van der Waals surface area contributed by atoms with E-state index in [0.29, 0.717) is 18.6 Å². The van der Waals surface area contributed by atoms with Gasteiger partial charge in [0.25, 0.3) is 0 Å². The maximum Gasteiger partial charge on any atom is 0.318 e. The molecule has 4 nitrogen and oxygen atoms in total. The van der Waals surface area contributed by atoms with Gasteiger partial charge in [0.2, 0.25) is 0 Å². The zero-order valence-electron chi connectivity index (χ0n) is 10.1. The highest BCUT2D eigenvalue weighted by molar-refractivity contribution is 7.10. The van der Waals surface area contributed by atoms with Crippen molar-refractivity contribution in [1.82, 2.24) is 10.2 Å². The number of carbonyl (C=O) groups excluding carboxylic acids is 2. The summed E-state index contributed by atoms with van der Waals surface area (Å²) in [6.45, 7) is 0.734. The third-order valence-electron chi connectivity index (χ3n) is 3.78. The first-order chi connectivity index (χ1) is 8.74. The van der Waals surface area contributed by atoms with Crippen LogP contribution < -0.4 is 5.32 Å². The summed E-state index contributed by atoms with van der Waals surface area (Å²) in [5.41, 5.74) is 0. The number of hydrogen-bond acceptors (Lipinski definition) is 3. The molecule has 2 heterocycles. The van der Waals surface area contributed by atoms with Crippen LogP contribution in [0.3, 0.4) is 0 Å². The average Bonchev–Trinajstić information content (AvgIpc) is 2.99. The van der Waals surface area contributed by atoms with E-state index in [2.05, 4.69) is 11.4 Å². The minimum Gasteiger partial charge on any atom is -0.329 e. The molecule has 2 fully saturated rings. The van der Waals surface area contributed by atoms with Crippen LogP contribution in [-0.4, -0.2) is 29.3 Å². The second kappa shape index (κ2) is 4.72. The van der Waals surface area contributed by atoms with Crippen molar-refractivity contribution in [2.75, 3.05) is 6.54 Å². The molecule has 0 bridgehead atoms. The lowest BCUT2D eigenvalue weighted by Crippen LogP contribution is -2.40. The lowest BCUT2D eigenvalue weighted by Gasteiger charge is -2.29. The van der Waals surface area contributed by atoms with Crippen molar-refractivity contribution >= 4 is 23.2 Å². The summed E-state index contributed by atoms with van der Waals surface area (Å²) in [7, 11) is 0. The standard InChI is InChI=1S/C13H16N2O2S/c16-10-5-3-9(4-6-10)15-8-11(14-13(15)17)12-2-1-7-18-12/h1-2,7,9,11H,3-6,8H2,(H,14,17). The van der Waals surface area contributed by atoms with Crippen molar-refractivity contribution in [3.63, 3.8) is 0 Å². The zero-order chi connectivity index (χ0) is 12.5. The molecule has 1 aromatic rings. The summed E-state index contributed by atoms with van der Waals surface area (Å²) >= 11 is 1.68. The van der Waals surface area contributed by atoms with Gasteiger partial charge in [-0.2, -0.15) is 0 Å². The van der Waals surface area contributed by atoms with E-state index in [1.165, 1.54) is 4.88 Å². The molecule has 2 aliphatic rings. The van der Waals surface area contributed by atoms with Gasteiger partial charge in [-0.3, -0.25) is 4.79 Å². The number of nitrogens with one attached hydrogen (secondary N) is 1. The van der Waals surface area contributed by atoms with E-state index in [1.807, 2.05) is 16.3 Å². The smallest absolute Gasteiger partial charge is 0.318 e. The van der Waals surface area contributed by atoms with Gasteiger partial charge in [-0.15, -0.1) is 11.3 Å². The molecule has 1 N–H and O–H groups in total. The highest BCUT2D eigenvalue weighted by atomic mass is 32.1. The zero-order valence-corrected chi connectivity index (χ0v) is 10.9. The Morgan fingerprint density at radius 1 is 1.28 bits per heavy atom. The summed E-state index contributed by atoms with van der Waals surface area (Å²) < 4.78 is 0. The number of hydrogen-bond donors (Lipinski definition) is 1. The van der Waals surface area contributed by atoms with Crippen molar-refractivity contribution in [3.05, 3.63) is 22.4 Å². The monoisotopic (exact) mass is 264 g/mol. The van der Waals surface area contributed by atoms with Crippen LogP contribution in [0.4, 0.5) is 4.79 Å². The van der Waals surface area contributed by atoms with Gasteiger partial charge in [-0.05, 0) is 24.3 Å². The van der Waals surface area contributed by atoms with Crippen LogP contribution >= 0.6 is 11.3 Å². The first-order valence-corrected chi connectivity index (χ1v) is 7.24. The van der Waals surface area contributed by atoms with E-state index >= 15 is 0 Å². The fraction of sp³-hybridized carbons (Fsp3) is 0.538. The van der Waals surface area contributed by atoms with E-state index in [4.69, 9.17) is 0 Å². The van der Waals surface area contributed by atoms with Gasteiger partial charge in [-0.25, -0.2) is 4.79 Å². The normalized spacial score (nSPS) is 25.6. The number of Topliss-reactive ketones (excluding diaryl/α,β-unsaturated/α-hetero) is 1. The summed E-state index contributed by atoms with van der Waals surface area (Å²) in [5.74, 6) is 0.334. The molecular weight excluding hydrogens is 248 g/mol. The molecule has 18 heavy (non-hydrogen) atoms. The molecule has 1 saturated heterocycles. The molecule has 0 spiro atoms. The molecule has 3 rings (SSSR count). The third kappa shape index (κ3) is 2.14. The number of ketones is 1. The van der Waals surface area contributed by atoms with Crippen molar-refractivity contribution < 1.29 is 9.59 Å². The van der Waals surface area contributed by atoms with Crippen LogP contribution in [-0.2, 0) is 4.79 Å². The highest BCUT2D eigenvalue weighted by Gasteiger charge is 2.36. The Kier molecular flexibility index (Phi) is 3.07. The van der Waals surface area contributed by atoms with Gasteiger partial charge in [0.05, 0.1) is 6.04 Å². The maximum absolute atomic E-state index is 12.0. The summed E-state index contributed by atoms with van der Waals surface area (Å²) in [4.78, 5) is 26.4. The molecule has 0 radical (unpaired) electrons. The summed E-state index contributed by atoms with van der Waals surface area (Å²) in [6.07, 6.45) is 2.89. The van der Waals surface area contributed by atoms with Gasteiger partial charge in [0, 0.05) is 30.3 Å². The maximum atomic E-state index is 12.0. The van der Waals surface area contributed by atoms with Gasteiger partial charge < -0.3 is 10.2 Å². The molecule has 1 unspecified atom stereocenters. The number of rotatable bonds is 2. The van der Waals surface area contributed by atoms with Gasteiger partial charge in [0.15, 0.2) is 0 Å². The largest absolute Gasteiger partial charge is 0.329 e. The van der Waals surface area contributed by atoms with Crippen molar-refractivity contribution in [3.8, 4) is 0 Å². The third-order valence-corrected chi connectivity index (χ3v) is 4.76. The molecule has 0 aromatic carbocycles. The van der Waals surface area contributed by atoms with E-state index < -0.39 is 0 Å². The van der Waals surface area contributed by atoms with Gasteiger partial charge in [-0.1, -0.05) is 6.07 Å². The fourth-order valence-electron chi connectivity index (χ4n) is 2.76. The Balaban J connectivity index is 1.67. The van der Waals surface area contributed by atoms with Gasteiger partial charge in [0.1, 0.15) is 5.78 Å². The van der Waals surface area contributed by atoms with Crippen molar-refractivity contribution in [2.45, 2.75) is 37.8 Å². The molecule has 96 valence electrons. The van der Waals surface area contributed by atoms with Crippen LogP contribution in [0.1, 0.15) is 36.6 Å². The van der Waals surface area contributed by atoms with E-state index in [-0.39, 0.29) is 18.1 Å². The lowest BCUT2D eigenvalue weighted by atomic mass is 9.93. The van der Waals surface area contributed by atoms with Crippen LogP contribution in [0.25, 0.3) is 0 Å². The lowest BCUT2D eigenvalue weighted by molar-refractivity contribution is -0.121. The quantitative estimate of drug-likeness (QED) is 0.891. The van der Waals surface area contributed by atoms with E-state index in [9.17, 15) is 9.59 Å². The SMILES string of the molecule is O=C1CCC(N2CC(c3cccs3)NC2=O)CC1. The Morgan fingerprint density at radius 3 is 2.72 bits per heavy atom. The number of carbonyl (C=O) groups is 2. The Labute approximate surface area is 110 Å². The van der Waals surface area contributed by atoms with E-state index in [0.717, 1.165) is 19.4 Å². The van der Waals surface area contributed by atoms with Crippen molar-refractivity contribution in [1.29, 1.82) is 0 Å². The molecule has 2 amide bonds.